The van der Waals surface area contributed by atoms with Crippen LogP contribution in [0.1, 0.15) is 42.1 Å². The van der Waals surface area contributed by atoms with Crippen molar-refractivity contribution >= 4 is 29.4 Å². The maximum Gasteiger partial charge on any atom is 0.314 e. The molecule has 0 saturated carbocycles. The third-order valence-corrected chi connectivity index (χ3v) is 4.64. The van der Waals surface area contributed by atoms with E-state index in [-0.39, 0.29) is 5.92 Å². The Morgan fingerprint density at radius 3 is 2.25 bits per heavy atom. The van der Waals surface area contributed by atoms with Gasteiger partial charge in [0.05, 0.1) is 5.92 Å². The fourth-order valence-electron chi connectivity index (χ4n) is 2.66. The van der Waals surface area contributed by atoms with Crippen LogP contribution in [0, 0.1) is 5.92 Å². The van der Waals surface area contributed by atoms with Crippen molar-refractivity contribution in [2.24, 2.45) is 5.92 Å². The predicted molar refractivity (Wildman–Crippen MR) is 107 cm³/mol. The van der Waals surface area contributed by atoms with Crippen molar-refractivity contribution < 1.29 is 19.1 Å². The van der Waals surface area contributed by atoms with Crippen LogP contribution in [0.2, 0.25) is 5.02 Å². The minimum absolute atomic E-state index is 0.0579. The standard InChI is InChI=1S/C21H23ClN2O4/c1-3-14(2)19(15-7-5-4-6-8-15)21(27)28-13-18(25)23-24-20(26)16-9-11-17(22)12-10-16/h4-12,14,19H,3,13H2,1-2H3,(H,23,25)(H,24,26)/t14-,19+/m1/s1. The maximum atomic E-state index is 12.5. The van der Waals surface area contributed by atoms with Gasteiger partial charge in [0, 0.05) is 10.6 Å². The van der Waals surface area contributed by atoms with E-state index in [1.807, 2.05) is 44.2 Å². The molecule has 2 amide bonds. The average molecular weight is 403 g/mol. The molecule has 2 rings (SSSR count). The van der Waals surface area contributed by atoms with Crippen molar-refractivity contribution in [3.8, 4) is 0 Å². The second-order valence-electron chi connectivity index (χ2n) is 6.39. The fraction of sp³-hybridized carbons (Fsp3) is 0.286. The Hall–Kier alpha value is -2.86. The van der Waals surface area contributed by atoms with E-state index >= 15 is 0 Å². The molecule has 2 atom stereocenters. The lowest BCUT2D eigenvalue weighted by Gasteiger charge is -2.21. The zero-order valence-electron chi connectivity index (χ0n) is 15.8. The Labute approximate surface area is 169 Å². The summed E-state index contributed by atoms with van der Waals surface area (Å²) in [6.45, 7) is 3.47. The second kappa shape index (κ2) is 10.5. The molecule has 2 N–H and O–H groups in total. The summed E-state index contributed by atoms with van der Waals surface area (Å²) in [4.78, 5) is 36.4. The zero-order valence-corrected chi connectivity index (χ0v) is 16.5. The van der Waals surface area contributed by atoms with Crippen LogP contribution in [0.5, 0.6) is 0 Å². The van der Waals surface area contributed by atoms with E-state index in [2.05, 4.69) is 10.9 Å². The second-order valence-corrected chi connectivity index (χ2v) is 6.83. The third-order valence-electron chi connectivity index (χ3n) is 4.39. The highest BCUT2D eigenvalue weighted by Gasteiger charge is 2.27. The number of hydrazine groups is 1. The molecule has 7 heteroatoms. The van der Waals surface area contributed by atoms with Gasteiger partial charge in [0.25, 0.3) is 11.8 Å². The Morgan fingerprint density at radius 1 is 1.00 bits per heavy atom. The molecule has 0 bridgehead atoms. The smallest absolute Gasteiger partial charge is 0.314 e. The normalized spacial score (nSPS) is 12.5. The molecule has 0 spiro atoms. The number of nitrogens with one attached hydrogen (secondary N) is 2. The molecule has 0 heterocycles. The molecular formula is C21H23ClN2O4. The van der Waals surface area contributed by atoms with E-state index in [0.717, 1.165) is 12.0 Å². The first kappa shape index (κ1) is 21.4. The minimum atomic E-state index is -0.633. The topological polar surface area (TPSA) is 84.5 Å². The largest absolute Gasteiger partial charge is 0.455 e. The summed E-state index contributed by atoms with van der Waals surface area (Å²) in [5, 5.41) is 0.502. The summed E-state index contributed by atoms with van der Waals surface area (Å²) in [6, 6.07) is 15.5. The summed E-state index contributed by atoms with van der Waals surface area (Å²) >= 11 is 5.77. The number of esters is 1. The molecule has 28 heavy (non-hydrogen) atoms. The molecular weight excluding hydrogens is 380 g/mol. The number of carbonyl (C=O) groups is 3. The molecule has 0 saturated heterocycles. The van der Waals surface area contributed by atoms with E-state index in [9.17, 15) is 14.4 Å². The third kappa shape index (κ3) is 6.09. The van der Waals surface area contributed by atoms with Gasteiger partial charge >= 0.3 is 5.97 Å². The summed E-state index contributed by atoms with van der Waals surface area (Å²) in [6.07, 6.45) is 0.790. The SMILES string of the molecule is CC[C@@H](C)[C@H](C(=O)OCC(=O)NNC(=O)c1ccc(Cl)cc1)c1ccccc1. The van der Waals surface area contributed by atoms with Gasteiger partial charge in [0.1, 0.15) is 0 Å². The van der Waals surface area contributed by atoms with Crippen LogP contribution in [0.15, 0.2) is 54.6 Å². The molecule has 0 aliphatic heterocycles. The van der Waals surface area contributed by atoms with Gasteiger partial charge in [0.15, 0.2) is 6.61 Å². The van der Waals surface area contributed by atoms with Crippen LogP contribution < -0.4 is 10.9 Å². The van der Waals surface area contributed by atoms with Crippen LogP contribution in [0.3, 0.4) is 0 Å². The first-order valence-electron chi connectivity index (χ1n) is 8.98. The molecule has 0 aliphatic carbocycles. The summed E-state index contributed by atoms with van der Waals surface area (Å²) in [5.74, 6) is -2.00. The lowest BCUT2D eigenvalue weighted by atomic mass is 9.86. The zero-order chi connectivity index (χ0) is 20.5. The molecule has 2 aromatic carbocycles. The summed E-state index contributed by atoms with van der Waals surface area (Å²) < 4.78 is 5.18. The fourth-order valence-corrected chi connectivity index (χ4v) is 2.78. The maximum absolute atomic E-state index is 12.5. The quantitative estimate of drug-likeness (QED) is 0.548. The highest BCUT2D eigenvalue weighted by molar-refractivity contribution is 6.30. The van der Waals surface area contributed by atoms with Gasteiger partial charge in [-0.05, 0) is 35.7 Å². The number of rotatable bonds is 7. The molecule has 0 aromatic heterocycles. The minimum Gasteiger partial charge on any atom is -0.455 e. The van der Waals surface area contributed by atoms with Gasteiger partial charge in [-0.1, -0.05) is 62.2 Å². The van der Waals surface area contributed by atoms with Crippen molar-refractivity contribution in [2.75, 3.05) is 6.61 Å². The number of carbonyl (C=O) groups excluding carboxylic acids is 3. The summed E-state index contributed by atoms with van der Waals surface area (Å²) in [5.41, 5.74) is 5.67. The Bertz CT molecular complexity index is 809. The van der Waals surface area contributed by atoms with Crippen LogP contribution >= 0.6 is 11.6 Å². The van der Waals surface area contributed by atoms with Gasteiger partial charge in [0.2, 0.25) is 0 Å². The van der Waals surface area contributed by atoms with Gasteiger partial charge in [-0.15, -0.1) is 0 Å². The van der Waals surface area contributed by atoms with Crippen LogP contribution in [-0.4, -0.2) is 24.4 Å². The average Bonchev–Trinajstić information content (AvgIpc) is 2.71. The number of hydrogen-bond donors (Lipinski definition) is 2. The van der Waals surface area contributed by atoms with E-state index in [1.54, 1.807) is 12.1 Å². The number of benzene rings is 2. The molecule has 0 fully saturated rings. The first-order chi connectivity index (χ1) is 13.4. The van der Waals surface area contributed by atoms with E-state index in [1.165, 1.54) is 12.1 Å². The Morgan fingerprint density at radius 2 is 1.64 bits per heavy atom. The highest BCUT2D eigenvalue weighted by atomic mass is 35.5. The number of ether oxygens (including phenoxy) is 1. The molecule has 2 aromatic rings. The van der Waals surface area contributed by atoms with E-state index < -0.39 is 30.3 Å². The van der Waals surface area contributed by atoms with Crippen LogP contribution in [0.25, 0.3) is 0 Å². The summed E-state index contributed by atoms with van der Waals surface area (Å²) in [7, 11) is 0. The molecule has 0 radical (unpaired) electrons. The lowest BCUT2D eigenvalue weighted by molar-refractivity contribution is -0.151. The van der Waals surface area contributed by atoms with Crippen LogP contribution in [0.4, 0.5) is 0 Å². The van der Waals surface area contributed by atoms with Crippen LogP contribution in [-0.2, 0) is 14.3 Å². The van der Waals surface area contributed by atoms with Gasteiger partial charge in [-0.3, -0.25) is 25.2 Å². The molecule has 0 aliphatic rings. The first-order valence-corrected chi connectivity index (χ1v) is 9.36. The monoisotopic (exact) mass is 402 g/mol. The van der Waals surface area contributed by atoms with E-state index in [0.29, 0.717) is 10.6 Å². The van der Waals surface area contributed by atoms with Crippen molar-refractivity contribution in [1.82, 2.24) is 10.9 Å². The lowest BCUT2D eigenvalue weighted by Crippen LogP contribution is -2.43. The predicted octanol–water partition coefficient (Wildman–Crippen LogP) is 3.47. The molecule has 0 unspecified atom stereocenters. The van der Waals surface area contributed by atoms with Crippen molar-refractivity contribution in [3.05, 3.63) is 70.7 Å². The van der Waals surface area contributed by atoms with Gasteiger partial charge < -0.3 is 4.74 Å². The highest BCUT2D eigenvalue weighted by Crippen LogP contribution is 2.28. The number of hydrogen-bond acceptors (Lipinski definition) is 4. The van der Waals surface area contributed by atoms with E-state index in [4.69, 9.17) is 16.3 Å². The Kier molecular flexibility index (Phi) is 8.02. The number of amides is 2. The molecule has 148 valence electrons. The number of halogens is 1. The van der Waals surface area contributed by atoms with Crippen molar-refractivity contribution in [1.29, 1.82) is 0 Å². The Balaban J connectivity index is 1.87. The van der Waals surface area contributed by atoms with Crippen molar-refractivity contribution in [2.45, 2.75) is 26.2 Å². The van der Waals surface area contributed by atoms with Gasteiger partial charge in [-0.2, -0.15) is 0 Å². The van der Waals surface area contributed by atoms with Gasteiger partial charge in [-0.25, -0.2) is 0 Å². The van der Waals surface area contributed by atoms with Crippen molar-refractivity contribution in [3.63, 3.8) is 0 Å². The molecule has 6 nitrogen and oxygen atoms in total.